The van der Waals surface area contributed by atoms with E-state index in [0.29, 0.717) is 44.1 Å². The number of hydrogen-bond acceptors (Lipinski definition) is 8. The van der Waals surface area contributed by atoms with Gasteiger partial charge >= 0.3 is 0 Å². The molecule has 0 spiro atoms. The normalized spacial score (nSPS) is 26.3. The zero-order chi connectivity index (χ0) is 45.9. The average molecular weight is 878 g/mol. The maximum Gasteiger partial charge on any atom is 0.246 e. The number of nitrogens with one attached hydrogen (secondary N) is 5. The molecule has 3 saturated heterocycles. The Kier molecular flexibility index (Phi) is 16.2. The molecule has 0 saturated carbocycles. The van der Waals surface area contributed by atoms with Gasteiger partial charge in [0.05, 0.1) is 0 Å². The largest absolute Gasteiger partial charge is 0.508 e. The Morgan fingerprint density at radius 1 is 0.500 bits per heavy atom. The highest BCUT2D eigenvalue weighted by molar-refractivity contribution is 5.99. The Hall–Kier alpha value is -6.25. The predicted molar refractivity (Wildman–Crippen MR) is 240 cm³/mol. The molecular weight excluding hydrogens is 815 g/mol. The lowest BCUT2D eigenvalue weighted by Crippen LogP contribution is -2.61. The monoisotopic (exact) mass is 877 g/mol. The number of fused-ring (bicyclic) bond motifs is 2. The fourth-order valence-electron chi connectivity index (χ4n) is 8.86. The molecule has 342 valence electrons. The highest BCUT2D eigenvalue weighted by atomic mass is 16.3. The predicted octanol–water partition coefficient (Wildman–Crippen LogP) is 2.93. The van der Waals surface area contributed by atoms with E-state index in [1.54, 1.807) is 19.1 Å². The first-order valence-electron chi connectivity index (χ1n) is 22.8. The minimum atomic E-state index is -1.26. The number of carbonyl (C=O) groups excluding carboxylic acids is 7. The van der Waals surface area contributed by atoms with E-state index < -0.39 is 89.6 Å². The summed E-state index contributed by atoms with van der Waals surface area (Å²) >= 11 is 0. The van der Waals surface area contributed by atoms with Gasteiger partial charge in [-0.1, -0.05) is 113 Å². The molecule has 6 rings (SSSR count). The first kappa shape index (κ1) is 47.2. The Balaban J connectivity index is 1.43. The molecule has 3 aromatic rings. The van der Waals surface area contributed by atoms with Crippen molar-refractivity contribution < 1.29 is 38.7 Å². The number of phenolic OH excluding ortho intramolecular Hbond substituents is 1. The third-order valence-corrected chi connectivity index (χ3v) is 13.1. The fraction of sp³-hybridized carbons (Fsp3) is 0.490. The van der Waals surface area contributed by atoms with Crippen molar-refractivity contribution in [3.05, 3.63) is 102 Å². The van der Waals surface area contributed by atoms with Crippen LogP contribution < -0.4 is 26.6 Å². The number of aromatic hydroxyl groups is 1. The molecule has 3 aliphatic rings. The minimum absolute atomic E-state index is 0.0130. The molecule has 9 atom stereocenters. The highest BCUT2D eigenvalue weighted by Crippen LogP contribution is 2.25. The van der Waals surface area contributed by atoms with Crippen LogP contribution >= 0.6 is 0 Å². The van der Waals surface area contributed by atoms with Crippen molar-refractivity contribution in [2.45, 2.75) is 128 Å². The summed E-state index contributed by atoms with van der Waals surface area (Å²) in [5, 5.41) is 24.6. The summed E-state index contributed by atoms with van der Waals surface area (Å²) in [6, 6.07) is 16.9. The van der Waals surface area contributed by atoms with Crippen molar-refractivity contribution >= 4 is 41.4 Å². The van der Waals surface area contributed by atoms with E-state index in [1.807, 2.05) is 81.4 Å². The van der Waals surface area contributed by atoms with Crippen LogP contribution in [-0.2, 0) is 52.8 Å². The Labute approximate surface area is 375 Å². The second-order valence-electron chi connectivity index (χ2n) is 17.6. The van der Waals surface area contributed by atoms with Gasteiger partial charge in [-0.2, -0.15) is 0 Å². The molecule has 7 amide bonds. The van der Waals surface area contributed by atoms with E-state index in [9.17, 15) is 38.7 Å². The van der Waals surface area contributed by atoms with E-state index in [1.165, 1.54) is 21.9 Å². The molecule has 15 nitrogen and oxygen atoms in total. The number of carbonyl (C=O) groups is 7. The highest BCUT2D eigenvalue weighted by Gasteiger charge is 2.44. The smallest absolute Gasteiger partial charge is 0.246 e. The molecule has 3 aromatic carbocycles. The van der Waals surface area contributed by atoms with Gasteiger partial charge < -0.3 is 41.5 Å². The third-order valence-electron chi connectivity index (χ3n) is 13.1. The molecule has 0 aromatic heterocycles. The molecule has 3 aliphatic heterocycles. The van der Waals surface area contributed by atoms with Gasteiger partial charge in [0.2, 0.25) is 41.4 Å². The Morgan fingerprint density at radius 2 is 0.906 bits per heavy atom. The molecule has 6 N–H and O–H groups in total. The van der Waals surface area contributed by atoms with Crippen LogP contribution in [0.2, 0.25) is 0 Å². The van der Waals surface area contributed by atoms with E-state index in [-0.39, 0.29) is 44.0 Å². The third kappa shape index (κ3) is 11.7. The van der Waals surface area contributed by atoms with Gasteiger partial charge in [-0.15, -0.1) is 0 Å². The average Bonchev–Trinajstić information content (AvgIpc) is 4.01. The van der Waals surface area contributed by atoms with Crippen LogP contribution in [0.4, 0.5) is 0 Å². The minimum Gasteiger partial charge on any atom is -0.508 e. The van der Waals surface area contributed by atoms with Crippen molar-refractivity contribution in [2.75, 3.05) is 13.1 Å². The zero-order valence-corrected chi connectivity index (χ0v) is 37.3. The number of nitrogens with zero attached hydrogens (tertiary/aromatic N) is 2. The lowest BCUT2D eigenvalue weighted by atomic mass is 9.96. The van der Waals surface area contributed by atoms with Gasteiger partial charge in [0.1, 0.15) is 48.0 Å². The van der Waals surface area contributed by atoms with Gasteiger partial charge in [0.15, 0.2) is 0 Å². The number of rotatable bonds is 10. The van der Waals surface area contributed by atoms with Crippen LogP contribution in [-0.4, -0.2) is 112 Å². The maximum absolute atomic E-state index is 14.8. The summed E-state index contributed by atoms with van der Waals surface area (Å²) in [7, 11) is 0. The molecule has 64 heavy (non-hydrogen) atoms. The summed E-state index contributed by atoms with van der Waals surface area (Å²) in [4.78, 5) is 105. The first-order valence-corrected chi connectivity index (χ1v) is 22.8. The molecule has 0 aliphatic carbocycles. The van der Waals surface area contributed by atoms with Crippen LogP contribution in [0.1, 0.15) is 82.9 Å². The molecule has 0 radical (unpaired) electrons. The number of amides is 7. The number of hydrogen-bond donors (Lipinski definition) is 6. The van der Waals surface area contributed by atoms with Crippen LogP contribution in [0.15, 0.2) is 84.9 Å². The van der Waals surface area contributed by atoms with Crippen LogP contribution in [0, 0.1) is 11.8 Å². The lowest BCUT2D eigenvalue weighted by molar-refractivity contribution is -0.145. The second-order valence-corrected chi connectivity index (χ2v) is 17.6. The zero-order valence-electron chi connectivity index (χ0n) is 37.3. The van der Waals surface area contributed by atoms with E-state index in [2.05, 4.69) is 26.6 Å². The lowest BCUT2D eigenvalue weighted by Gasteiger charge is -2.34. The Bertz CT molecular complexity index is 2120. The topological polar surface area (TPSA) is 206 Å². The van der Waals surface area contributed by atoms with Crippen LogP contribution in [0.5, 0.6) is 5.75 Å². The SMILES string of the molecule is CCC(C)C1NC(=O)C(Cc2ccccc2)NC(=O)C2CCCN2C(=O)C(C(C)CC)NC(=O)C2CCCN2C(=O)C(Cc2ccccc2)NC(=O)C(Cc2ccc(O)cc2)NC1=O. The molecule has 3 fully saturated rings. The fourth-order valence-corrected chi connectivity index (χ4v) is 8.86. The second kappa shape index (κ2) is 21.9. The van der Waals surface area contributed by atoms with Crippen molar-refractivity contribution in [3.63, 3.8) is 0 Å². The first-order chi connectivity index (χ1) is 30.8. The molecule has 3 heterocycles. The standard InChI is InChI=1S/C49H63N7O8/c1-5-30(3)41-47(62)51-36(28-34-21-23-35(57)24-22-34)43(58)52-38(29-33-17-11-8-12-18-33)48(63)55-25-13-20-40(55)46(61)54-42(31(4)6-2)49(64)56-26-14-19-39(56)45(60)50-37(44(59)53-41)27-32-15-9-7-10-16-32/h7-12,15-18,21-24,30-31,36-42,57H,5-6,13-14,19-20,25-29H2,1-4H3,(H,50,60)(H,51,62)(H,52,58)(H,53,59)(H,54,61). The number of phenols is 1. The Morgan fingerprint density at radius 3 is 1.44 bits per heavy atom. The molecule has 9 unspecified atom stereocenters. The quantitative estimate of drug-likeness (QED) is 0.178. The molecular formula is C49H63N7O8. The van der Waals surface area contributed by atoms with E-state index >= 15 is 0 Å². The van der Waals surface area contributed by atoms with E-state index in [0.717, 1.165) is 11.1 Å². The van der Waals surface area contributed by atoms with Gasteiger partial charge in [-0.25, -0.2) is 0 Å². The van der Waals surface area contributed by atoms with Gasteiger partial charge in [0, 0.05) is 32.4 Å². The van der Waals surface area contributed by atoms with Crippen molar-refractivity contribution in [3.8, 4) is 5.75 Å². The summed E-state index contributed by atoms with van der Waals surface area (Å²) in [5.74, 6) is -4.65. The summed E-state index contributed by atoms with van der Waals surface area (Å²) in [5.41, 5.74) is 2.11. The van der Waals surface area contributed by atoms with Gasteiger partial charge in [-0.3, -0.25) is 33.6 Å². The molecule has 0 bridgehead atoms. The summed E-state index contributed by atoms with van der Waals surface area (Å²) in [6.45, 7) is 7.95. The molecule has 15 heteroatoms. The van der Waals surface area contributed by atoms with Crippen molar-refractivity contribution in [1.82, 2.24) is 36.4 Å². The van der Waals surface area contributed by atoms with Crippen LogP contribution in [0.25, 0.3) is 0 Å². The summed E-state index contributed by atoms with van der Waals surface area (Å²) < 4.78 is 0. The summed E-state index contributed by atoms with van der Waals surface area (Å²) in [6.07, 6.45) is 2.85. The van der Waals surface area contributed by atoms with Gasteiger partial charge in [-0.05, 0) is 66.3 Å². The number of benzene rings is 3. The van der Waals surface area contributed by atoms with E-state index in [4.69, 9.17) is 0 Å². The van der Waals surface area contributed by atoms with Gasteiger partial charge in [0.25, 0.3) is 0 Å². The van der Waals surface area contributed by atoms with Crippen molar-refractivity contribution in [1.29, 1.82) is 0 Å². The van der Waals surface area contributed by atoms with Crippen LogP contribution in [0.3, 0.4) is 0 Å². The van der Waals surface area contributed by atoms with Crippen molar-refractivity contribution in [2.24, 2.45) is 11.8 Å². The maximum atomic E-state index is 14.8.